The quantitative estimate of drug-likeness (QED) is 0.522. The van der Waals surface area contributed by atoms with E-state index in [1.54, 1.807) is 49.5 Å². The zero-order valence-electron chi connectivity index (χ0n) is 12.9. The Labute approximate surface area is 138 Å². The first-order valence-electron chi connectivity index (χ1n) is 7.29. The molecule has 0 unspecified atom stereocenters. The smallest absolute Gasteiger partial charge is 0.343 e. The van der Waals surface area contributed by atoms with E-state index in [4.69, 9.17) is 9.47 Å². The van der Waals surface area contributed by atoms with Crippen LogP contribution in [-0.4, -0.2) is 11.0 Å². The molecule has 0 bridgehead atoms. The number of carbonyl (C=O) groups excluding carboxylic acids is 1. The monoisotopic (exact) mass is 323 g/mol. The van der Waals surface area contributed by atoms with Crippen LogP contribution in [0.1, 0.15) is 15.9 Å². The molecule has 0 atom stereocenters. The molecule has 0 saturated heterocycles. The lowest BCUT2D eigenvalue weighted by atomic mass is 10.1. The van der Waals surface area contributed by atoms with E-state index < -0.39 is 11.8 Å². The van der Waals surface area contributed by atoms with Crippen LogP contribution in [-0.2, 0) is 0 Å². The van der Waals surface area contributed by atoms with Gasteiger partial charge in [0.15, 0.2) is 0 Å². The highest BCUT2D eigenvalue weighted by atomic mass is 19.1. The molecule has 0 fully saturated rings. The van der Waals surface area contributed by atoms with Gasteiger partial charge in [-0.2, -0.15) is 0 Å². The predicted octanol–water partition coefficient (Wildman–Crippen LogP) is 4.54. The average molecular weight is 323 g/mol. The Bertz CT molecular complexity index is 848. The topological polar surface area (TPSA) is 48.4 Å². The van der Waals surface area contributed by atoms with Gasteiger partial charge in [0.25, 0.3) is 0 Å². The molecule has 120 valence electrons. The molecule has 0 aliphatic heterocycles. The Morgan fingerprint density at radius 1 is 1.00 bits per heavy atom. The largest absolute Gasteiger partial charge is 0.439 e. The molecule has 0 saturated carbocycles. The van der Waals surface area contributed by atoms with Crippen molar-refractivity contribution in [2.24, 2.45) is 0 Å². The van der Waals surface area contributed by atoms with Gasteiger partial charge in [0.1, 0.15) is 17.3 Å². The maximum Gasteiger partial charge on any atom is 0.343 e. The molecule has 4 nitrogen and oxygen atoms in total. The van der Waals surface area contributed by atoms with Gasteiger partial charge in [-0.3, -0.25) is 0 Å². The first kappa shape index (κ1) is 15.7. The minimum atomic E-state index is -0.606. The summed E-state index contributed by atoms with van der Waals surface area (Å²) in [7, 11) is 0. The summed E-state index contributed by atoms with van der Waals surface area (Å²) in [5.74, 6) is 0.294. The molecule has 24 heavy (non-hydrogen) atoms. The summed E-state index contributed by atoms with van der Waals surface area (Å²) in [5, 5.41) is 0. The lowest BCUT2D eigenvalue weighted by molar-refractivity contribution is 0.0733. The van der Waals surface area contributed by atoms with Gasteiger partial charge in [-0.1, -0.05) is 12.1 Å². The van der Waals surface area contributed by atoms with Gasteiger partial charge >= 0.3 is 5.97 Å². The van der Waals surface area contributed by atoms with Crippen LogP contribution >= 0.6 is 0 Å². The van der Waals surface area contributed by atoms with E-state index in [9.17, 15) is 9.18 Å². The normalized spacial score (nSPS) is 10.2. The van der Waals surface area contributed by atoms with Gasteiger partial charge in [0.2, 0.25) is 5.88 Å². The van der Waals surface area contributed by atoms with Gasteiger partial charge < -0.3 is 9.47 Å². The number of rotatable bonds is 4. The molecule has 1 aromatic heterocycles. The second kappa shape index (κ2) is 6.91. The molecular formula is C19H14FNO3. The Kier molecular flexibility index (Phi) is 4.52. The van der Waals surface area contributed by atoms with Gasteiger partial charge in [0, 0.05) is 12.3 Å². The van der Waals surface area contributed by atoms with Crippen molar-refractivity contribution in [3.63, 3.8) is 0 Å². The lowest BCUT2D eigenvalue weighted by Gasteiger charge is -2.08. The number of hydrogen-bond donors (Lipinski definition) is 0. The van der Waals surface area contributed by atoms with E-state index >= 15 is 0 Å². The number of nitrogens with zero attached hydrogens (tertiary/aromatic N) is 1. The van der Waals surface area contributed by atoms with E-state index in [2.05, 4.69) is 4.98 Å². The number of hydrogen-bond acceptors (Lipinski definition) is 4. The standard InChI is InChI=1S/C19H14FNO3/c1-13-5-6-14(20)12-17(13)19(22)24-16-9-7-15(8-10-16)23-18-4-2-3-11-21-18/h2-12H,1H3. The van der Waals surface area contributed by atoms with Crippen molar-refractivity contribution in [2.75, 3.05) is 0 Å². The van der Waals surface area contributed by atoms with Crippen molar-refractivity contribution >= 4 is 5.97 Å². The Balaban J connectivity index is 1.70. The van der Waals surface area contributed by atoms with Crippen LogP contribution in [0.4, 0.5) is 4.39 Å². The first-order valence-corrected chi connectivity index (χ1v) is 7.29. The Morgan fingerprint density at radius 3 is 2.46 bits per heavy atom. The fraction of sp³-hybridized carbons (Fsp3) is 0.0526. The summed E-state index contributed by atoms with van der Waals surface area (Å²) in [6.45, 7) is 1.72. The van der Waals surface area contributed by atoms with Gasteiger partial charge in [-0.25, -0.2) is 14.2 Å². The number of ether oxygens (including phenoxy) is 2. The van der Waals surface area contributed by atoms with Crippen LogP contribution in [0, 0.1) is 12.7 Å². The molecule has 0 aliphatic carbocycles. The summed E-state index contributed by atoms with van der Waals surface area (Å²) in [6.07, 6.45) is 1.63. The van der Waals surface area contributed by atoms with E-state index in [1.165, 1.54) is 12.1 Å². The van der Waals surface area contributed by atoms with Crippen molar-refractivity contribution in [2.45, 2.75) is 6.92 Å². The second-order valence-corrected chi connectivity index (χ2v) is 5.09. The number of benzene rings is 2. The SMILES string of the molecule is Cc1ccc(F)cc1C(=O)Oc1ccc(Oc2ccccn2)cc1. The summed E-state index contributed by atoms with van der Waals surface area (Å²) < 4.78 is 24.1. The molecule has 0 N–H and O–H groups in total. The molecule has 3 aromatic rings. The van der Waals surface area contributed by atoms with Crippen LogP contribution in [0.25, 0.3) is 0 Å². The Morgan fingerprint density at radius 2 is 1.75 bits per heavy atom. The van der Waals surface area contributed by atoms with Crippen molar-refractivity contribution in [1.82, 2.24) is 4.98 Å². The molecule has 5 heteroatoms. The fourth-order valence-electron chi connectivity index (χ4n) is 2.08. The summed E-state index contributed by atoms with van der Waals surface area (Å²) in [4.78, 5) is 16.2. The molecular weight excluding hydrogens is 309 g/mol. The molecule has 0 amide bonds. The van der Waals surface area contributed by atoms with E-state index in [0.717, 1.165) is 6.07 Å². The molecule has 3 rings (SSSR count). The van der Waals surface area contributed by atoms with E-state index in [1.807, 2.05) is 6.07 Å². The van der Waals surface area contributed by atoms with Crippen LogP contribution in [0.15, 0.2) is 66.9 Å². The number of halogens is 1. The number of carbonyl (C=O) groups is 1. The highest BCUT2D eigenvalue weighted by molar-refractivity contribution is 5.92. The number of aromatic nitrogens is 1. The summed E-state index contributed by atoms with van der Waals surface area (Å²) in [5.41, 5.74) is 0.848. The maximum atomic E-state index is 13.3. The lowest BCUT2D eigenvalue weighted by Crippen LogP contribution is -2.10. The fourth-order valence-corrected chi connectivity index (χ4v) is 2.08. The Hall–Kier alpha value is -3.21. The van der Waals surface area contributed by atoms with Crippen LogP contribution in [0.5, 0.6) is 17.4 Å². The second-order valence-electron chi connectivity index (χ2n) is 5.09. The van der Waals surface area contributed by atoms with Crippen molar-refractivity contribution < 1.29 is 18.7 Å². The first-order chi connectivity index (χ1) is 11.6. The molecule has 0 aliphatic rings. The van der Waals surface area contributed by atoms with Gasteiger partial charge in [-0.05, 0) is 55.0 Å². The minimum absolute atomic E-state index is 0.198. The number of esters is 1. The molecule has 0 radical (unpaired) electrons. The van der Waals surface area contributed by atoms with Crippen LogP contribution in [0.2, 0.25) is 0 Å². The zero-order valence-corrected chi connectivity index (χ0v) is 12.9. The van der Waals surface area contributed by atoms with Gasteiger partial charge in [0.05, 0.1) is 5.56 Å². The summed E-state index contributed by atoms with van der Waals surface area (Å²) in [6, 6.07) is 15.9. The maximum absolute atomic E-state index is 13.3. The van der Waals surface area contributed by atoms with Crippen molar-refractivity contribution in [1.29, 1.82) is 0 Å². The van der Waals surface area contributed by atoms with E-state index in [0.29, 0.717) is 22.9 Å². The van der Waals surface area contributed by atoms with Crippen LogP contribution < -0.4 is 9.47 Å². The zero-order chi connectivity index (χ0) is 16.9. The van der Waals surface area contributed by atoms with Gasteiger partial charge in [-0.15, -0.1) is 0 Å². The predicted molar refractivity (Wildman–Crippen MR) is 86.8 cm³/mol. The molecule has 0 spiro atoms. The third-order valence-electron chi connectivity index (χ3n) is 3.31. The average Bonchev–Trinajstić information content (AvgIpc) is 2.59. The molecule has 1 heterocycles. The third kappa shape index (κ3) is 3.76. The number of aryl methyl sites for hydroxylation is 1. The third-order valence-corrected chi connectivity index (χ3v) is 3.31. The minimum Gasteiger partial charge on any atom is -0.439 e. The van der Waals surface area contributed by atoms with Crippen LogP contribution in [0.3, 0.4) is 0 Å². The highest BCUT2D eigenvalue weighted by Gasteiger charge is 2.13. The van der Waals surface area contributed by atoms with Crippen molar-refractivity contribution in [3.8, 4) is 17.4 Å². The van der Waals surface area contributed by atoms with Crippen molar-refractivity contribution in [3.05, 3.63) is 83.8 Å². The highest BCUT2D eigenvalue weighted by Crippen LogP contribution is 2.23. The summed E-state index contributed by atoms with van der Waals surface area (Å²) >= 11 is 0. The number of pyridine rings is 1. The van der Waals surface area contributed by atoms with E-state index in [-0.39, 0.29) is 5.56 Å². The molecule has 2 aromatic carbocycles.